The van der Waals surface area contributed by atoms with Gasteiger partial charge in [0.25, 0.3) is 0 Å². The fourth-order valence-corrected chi connectivity index (χ4v) is 2.49. The van der Waals surface area contributed by atoms with E-state index in [-0.39, 0.29) is 18.9 Å². The van der Waals surface area contributed by atoms with Gasteiger partial charge in [-0.05, 0) is 31.5 Å². The van der Waals surface area contributed by atoms with E-state index >= 15 is 0 Å². The van der Waals surface area contributed by atoms with Crippen molar-refractivity contribution in [1.82, 2.24) is 0 Å². The van der Waals surface area contributed by atoms with E-state index in [1.165, 1.54) is 0 Å². The molecule has 20 heavy (non-hydrogen) atoms. The minimum Gasteiger partial charge on any atom is -0.381 e. The maximum absolute atomic E-state index is 11.9. The molecule has 0 heterocycles. The van der Waals surface area contributed by atoms with Crippen LogP contribution < -0.4 is 10.5 Å². The summed E-state index contributed by atoms with van der Waals surface area (Å²) in [7, 11) is -3.41. The SMILES string of the molecule is CCOCCS(=O)(=O)Nc1cc(C#CCN)ccc1C. The van der Waals surface area contributed by atoms with E-state index in [0.717, 1.165) is 11.1 Å². The summed E-state index contributed by atoms with van der Waals surface area (Å²) in [5, 5.41) is 0. The van der Waals surface area contributed by atoms with Gasteiger partial charge in [-0.15, -0.1) is 0 Å². The molecule has 0 spiro atoms. The summed E-state index contributed by atoms with van der Waals surface area (Å²) >= 11 is 0. The molecule has 1 rings (SSSR count). The normalized spacial score (nSPS) is 10.8. The zero-order valence-corrected chi connectivity index (χ0v) is 12.6. The molecule has 5 nitrogen and oxygen atoms in total. The van der Waals surface area contributed by atoms with Gasteiger partial charge in [0.2, 0.25) is 10.0 Å². The van der Waals surface area contributed by atoms with Crippen molar-refractivity contribution in [2.45, 2.75) is 13.8 Å². The second-order valence-electron chi connectivity index (χ2n) is 4.15. The number of hydrogen-bond donors (Lipinski definition) is 2. The Morgan fingerprint density at radius 1 is 1.40 bits per heavy atom. The quantitative estimate of drug-likeness (QED) is 0.608. The minimum atomic E-state index is -3.41. The average molecular weight is 296 g/mol. The first-order valence-corrected chi connectivity index (χ1v) is 8.01. The second kappa shape index (κ2) is 7.90. The van der Waals surface area contributed by atoms with Crippen molar-refractivity contribution >= 4 is 15.7 Å². The summed E-state index contributed by atoms with van der Waals surface area (Å²) in [4.78, 5) is 0. The molecular weight excluding hydrogens is 276 g/mol. The Morgan fingerprint density at radius 2 is 2.15 bits per heavy atom. The van der Waals surface area contributed by atoms with Gasteiger partial charge in [-0.3, -0.25) is 4.72 Å². The minimum absolute atomic E-state index is 0.0705. The highest BCUT2D eigenvalue weighted by Gasteiger charge is 2.12. The molecule has 0 radical (unpaired) electrons. The standard InChI is InChI=1S/C14H20N2O3S/c1-3-19-9-10-20(17,18)16-14-11-13(5-4-8-15)7-6-12(14)2/h6-7,11,16H,3,8-10,15H2,1-2H3. The Morgan fingerprint density at radius 3 is 2.80 bits per heavy atom. The summed E-state index contributed by atoms with van der Waals surface area (Å²) in [6, 6.07) is 5.35. The van der Waals surface area contributed by atoms with Crippen molar-refractivity contribution < 1.29 is 13.2 Å². The first-order chi connectivity index (χ1) is 9.48. The van der Waals surface area contributed by atoms with Gasteiger partial charge in [0.05, 0.1) is 24.6 Å². The van der Waals surface area contributed by atoms with Gasteiger partial charge in [-0.1, -0.05) is 17.9 Å². The molecule has 110 valence electrons. The molecule has 0 saturated carbocycles. The Kier molecular flexibility index (Phi) is 6.52. The van der Waals surface area contributed by atoms with Crippen LogP contribution >= 0.6 is 0 Å². The molecule has 0 aliphatic heterocycles. The highest BCUT2D eigenvalue weighted by molar-refractivity contribution is 7.92. The number of anilines is 1. The number of hydrogen-bond acceptors (Lipinski definition) is 4. The Hall–Kier alpha value is -1.55. The van der Waals surface area contributed by atoms with Crippen LogP contribution in [0.2, 0.25) is 0 Å². The lowest BCUT2D eigenvalue weighted by molar-refractivity contribution is 0.163. The molecule has 0 unspecified atom stereocenters. The smallest absolute Gasteiger partial charge is 0.235 e. The third-order valence-electron chi connectivity index (χ3n) is 2.54. The van der Waals surface area contributed by atoms with E-state index in [1.54, 1.807) is 6.07 Å². The van der Waals surface area contributed by atoms with Crippen LogP contribution in [0.4, 0.5) is 5.69 Å². The molecule has 3 N–H and O–H groups in total. The van der Waals surface area contributed by atoms with Crippen LogP contribution in [0.5, 0.6) is 0 Å². The first kappa shape index (κ1) is 16.5. The fourth-order valence-electron chi connectivity index (χ4n) is 1.49. The van der Waals surface area contributed by atoms with Gasteiger partial charge in [-0.2, -0.15) is 0 Å². The summed E-state index contributed by atoms with van der Waals surface area (Å²) in [5.41, 5.74) is 7.41. The maximum atomic E-state index is 11.9. The molecule has 0 saturated heterocycles. The van der Waals surface area contributed by atoms with Crippen molar-refractivity contribution in [1.29, 1.82) is 0 Å². The van der Waals surface area contributed by atoms with E-state index in [0.29, 0.717) is 12.3 Å². The maximum Gasteiger partial charge on any atom is 0.235 e. The predicted octanol–water partition coefficient (Wildman–Crippen LogP) is 1.08. The zero-order chi connectivity index (χ0) is 15.0. The van der Waals surface area contributed by atoms with E-state index in [4.69, 9.17) is 10.5 Å². The average Bonchev–Trinajstić information content (AvgIpc) is 2.39. The van der Waals surface area contributed by atoms with Crippen molar-refractivity contribution in [2.75, 3.05) is 30.2 Å². The van der Waals surface area contributed by atoms with Crippen molar-refractivity contribution in [2.24, 2.45) is 5.73 Å². The van der Waals surface area contributed by atoms with Gasteiger partial charge in [0.15, 0.2) is 0 Å². The van der Waals surface area contributed by atoms with Crippen LogP contribution in [0.25, 0.3) is 0 Å². The number of aryl methyl sites for hydroxylation is 1. The molecule has 0 atom stereocenters. The zero-order valence-electron chi connectivity index (χ0n) is 11.8. The molecule has 6 heteroatoms. The van der Waals surface area contributed by atoms with Crippen LogP contribution in [-0.2, 0) is 14.8 Å². The van der Waals surface area contributed by atoms with Crippen molar-refractivity contribution in [3.8, 4) is 11.8 Å². The summed E-state index contributed by atoms with van der Waals surface area (Å²) in [6.45, 7) is 4.60. The Labute approximate surface area is 120 Å². The molecule has 0 aromatic heterocycles. The lowest BCUT2D eigenvalue weighted by Gasteiger charge is -2.11. The lowest BCUT2D eigenvalue weighted by Crippen LogP contribution is -2.20. The number of nitrogens with one attached hydrogen (secondary N) is 1. The van der Waals surface area contributed by atoms with Crippen LogP contribution in [0.15, 0.2) is 18.2 Å². The van der Waals surface area contributed by atoms with Gasteiger partial charge in [0.1, 0.15) is 0 Å². The van der Waals surface area contributed by atoms with Gasteiger partial charge in [0, 0.05) is 12.2 Å². The molecule has 0 bridgehead atoms. The summed E-state index contributed by atoms with van der Waals surface area (Å²) < 4.78 is 31.4. The van der Waals surface area contributed by atoms with Gasteiger partial charge < -0.3 is 10.5 Å². The number of ether oxygens (including phenoxy) is 1. The monoisotopic (exact) mass is 296 g/mol. The third kappa shape index (κ3) is 5.61. The first-order valence-electron chi connectivity index (χ1n) is 6.36. The Balaban J connectivity index is 2.85. The van der Waals surface area contributed by atoms with Crippen molar-refractivity contribution in [3.63, 3.8) is 0 Å². The molecule has 0 aliphatic rings. The number of benzene rings is 1. The molecular formula is C14H20N2O3S. The molecule has 1 aromatic rings. The highest BCUT2D eigenvalue weighted by atomic mass is 32.2. The van der Waals surface area contributed by atoms with Gasteiger partial charge in [-0.25, -0.2) is 8.42 Å². The van der Waals surface area contributed by atoms with Gasteiger partial charge >= 0.3 is 0 Å². The van der Waals surface area contributed by atoms with Crippen molar-refractivity contribution in [3.05, 3.63) is 29.3 Å². The topological polar surface area (TPSA) is 81.4 Å². The number of nitrogens with two attached hydrogens (primary N) is 1. The number of sulfonamides is 1. The summed E-state index contributed by atoms with van der Waals surface area (Å²) in [6.07, 6.45) is 0. The highest BCUT2D eigenvalue weighted by Crippen LogP contribution is 2.18. The van der Waals surface area contributed by atoms with Crippen LogP contribution in [0.1, 0.15) is 18.1 Å². The van der Waals surface area contributed by atoms with Crippen LogP contribution in [-0.4, -0.2) is 33.9 Å². The van der Waals surface area contributed by atoms with E-state index in [1.807, 2.05) is 26.0 Å². The largest absolute Gasteiger partial charge is 0.381 e. The predicted molar refractivity (Wildman–Crippen MR) is 81.0 cm³/mol. The number of rotatable bonds is 6. The van der Waals surface area contributed by atoms with Crippen LogP contribution in [0.3, 0.4) is 0 Å². The van der Waals surface area contributed by atoms with E-state index in [9.17, 15) is 8.42 Å². The Bertz CT molecular complexity index is 601. The second-order valence-corrected chi connectivity index (χ2v) is 6.00. The third-order valence-corrected chi connectivity index (χ3v) is 3.77. The summed E-state index contributed by atoms with van der Waals surface area (Å²) in [5.74, 6) is 5.54. The fraction of sp³-hybridized carbons (Fsp3) is 0.429. The molecule has 1 aromatic carbocycles. The van der Waals surface area contributed by atoms with Crippen LogP contribution in [0, 0.1) is 18.8 Å². The van der Waals surface area contributed by atoms with E-state index < -0.39 is 10.0 Å². The molecule has 0 fully saturated rings. The molecule has 0 amide bonds. The molecule has 0 aliphatic carbocycles. The lowest BCUT2D eigenvalue weighted by atomic mass is 10.1. The van der Waals surface area contributed by atoms with E-state index in [2.05, 4.69) is 16.6 Å².